The van der Waals surface area contributed by atoms with Crippen LogP contribution in [-0.4, -0.2) is 6.54 Å². The van der Waals surface area contributed by atoms with Gasteiger partial charge in [-0.05, 0) is 48.9 Å². The third kappa shape index (κ3) is 4.08. The number of halogens is 2. The number of rotatable bonds is 5. The Morgan fingerprint density at radius 1 is 1.15 bits per heavy atom. The van der Waals surface area contributed by atoms with Gasteiger partial charge in [-0.25, -0.2) is 0 Å². The molecule has 0 saturated heterocycles. The van der Waals surface area contributed by atoms with E-state index in [0.717, 1.165) is 22.9 Å². The van der Waals surface area contributed by atoms with Crippen molar-refractivity contribution in [2.75, 3.05) is 6.54 Å². The maximum absolute atomic E-state index is 3.74. The second-order valence-corrected chi connectivity index (χ2v) is 7.66. The summed E-state index contributed by atoms with van der Waals surface area (Å²) in [5, 5.41) is 3.72. The van der Waals surface area contributed by atoms with Gasteiger partial charge in [0.25, 0.3) is 0 Å². The van der Waals surface area contributed by atoms with Crippen LogP contribution in [0.1, 0.15) is 57.6 Å². The average Bonchev–Trinajstić information content (AvgIpc) is 2.46. The molecular formula is C17H25Br2N. The molecule has 2 rings (SSSR count). The fraction of sp³-hybridized carbons (Fsp3) is 0.647. The number of hydrogen-bond acceptors (Lipinski definition) is 1. The van der Waals surface area contributed by atoms with Gasteiger partial charge in [-0.15, -0.1) is 0 Å². The molecule has 1 atom stereocenters. The lowest BCUT2D eigenvalue weighted by molar-refractivity contribution is 0.220. The molecule has 0 spiro atoms. The van der Waals surface area contributed by atoms with Gasteiger partial charge in [0, 0.05) is 15.0 Å². The molecule has 1 aromatic rings. The molecule has 0 amide bonds. The highest BCUT2D eigenvalue weighted by atomic mass is 79.9. The minimum atomic E-state index is 0.486. The van der Waals surface area contributed by atoms with Crippen LogP contribution in [0.3, 0.4) is 0 Å². The first-order valence-corrected chi connectivity index (χ1v) is 9.42. The SMILES string of the molecule is CCNC(c1ccc(Br)cc1Br)C1CCC(CC)CC1. The summed E-state index contributed by atoms with van der Waals surface area (Å²) in [6, 6.07) is 7.06. The smallest absolute Gasteiger partial charge is 0.0359 e. The molecule has 20 heavy (non-hydrogen) atoms. The first-order chi connectivity index (χ1) is 9.65. The molecule has 1 aliphatic rings. The molecule has 1 fully saturated rings. The second-order valence-electron chi connectivity index (χ2n) is 5.89. The van der Waals surface area contributed by atoms with Gasteiger partial charge in [-0.1, -0.05) is 71.0 Å². The largest absolute Gasteiger partial charge is 0.310 e. The Morgan fingerprint density at radius 3 is 2.40 bits per heavy atom. The van der Waals surface area contributed by atoms with E-state index in [-0.39, 0.29) is 0 Å². The van der Waals surface area contributed by atoms with Crippen LogP contribution in [0.15, 0.2) is 27.1 Å². The van der Waals surface area contributed by atoms with E-state index in [2.05, 4.69) is 69.2 Å². The van der Waals surface area contributed by atoms with E-state index in [0.29, 0.717) is 6.04 Å². The number of hydrogen-bond donors (Lipinski definition) is 1. The summed E-state index contributed by atoms with van der Waals surface area (Å²) in [7, 11) is 0. The summed E-state index contributed by atoms with van der Waals surface area (Å²) in [4.78, 5) is 0. The van der Waals surface area contributed by atoms with Crippen molar-refractivity contribution in [3.8, 4) is 0 Å². The normalized spacial score (nSPS) is 24.6. The van der Waals surface area contributed by atoms with Gasteiger partial charge in [0.15, 0.2) is 0 Å². The van der Waals surface area contributed by atoms with Gasteiger partial charge < -0.3 is 5.32 Å². The lowest BCUT2D eigenvalue weighted by Crippen LogP contribution is -2.31. The Bertz CT molecular complexity index is 425. The maximum atomic E-state index is 3.74. The lowest BCUT2D eigenvalue weighted by Gasteiger charge is -2.35. The summed E-state index contributed by atoms with van der Waals surface area (Å²) in [5.41, 5.74) is 1.41. The molecule has 1 nitrogen and oxygen atoms in total. The molecule has 1 unspecified atom stereocenters. The third-order valence-corrected chi connectivity index (χ3v) is 5.84. The molecule has 0 radical (unpaired) electrons. The first-order valence-electron chi connectivity index (χ1n) is 7.84. The van der Waals surface area contributed by atoms with Gasteiger partial charge in [-0.3, -0.25) is 0 Å². The third-order valence-electron chi connectivity index (χ3n) is 4.66. The van der Waals surface area contributed by atoms with Gasteiger partial charge in [0.05, 0.1) is 0 Å². The zero-order chi connectivity index (χ0) is 14.5. The van der Waals surface area contributed by atoms with E-state index in [1.165, 1.54) is 42.1 Å². The predicted octanol–water partition coefficient (Wildman–Crippen LogP) is 6.08. The highest BCUT2D eigenvalue weighted by molar-refractivity contribution is 9.11. The summed E-state index contributed by atoms with van der Waals surface area (Å²) >= 11 is 7.29. The van der Waals surface area contributed by atoms with Crippen molar-refractivity contribution >= 4 is 31.9 Å². The Balaban J connectivity index is 2.14. The monoisotopic (exact) mass is 401 g/mol. The summed E-state index contributed by atoms with van der Waals surface area (Å²) in [5.74, 6) is 1.73. The van der Waals surface area contributed by atoms with Crippen LogP contribution in [-0.2, 0) is 0 Å². The predicted molar refractivity (Wildman–Crippen MR) is 94.0 cm³/mol. The summed E-state index contributed by atoms with van der Waals surface area (Å²) in [6.45, 7) is 5.57. The molecule has 1 saturated carbocycles. The van der Waals surface area contributed by atoms with Crippen molar-refractivity contribution in [3.05, 3.63) is 32.7 Å². The average molecular weight is 403 g/mol. The molecule has 3 heteroatoms. The maximum Gasteiger partial charge on any atom is 0.0359 e. The van der Waals surface area contributed by atoms with Crippen LogP contribution in [0.25, 0.3) is 0 Å². The quantitative estimate of drug-likeness (QED) is 0.629. The Morgan fingerprint density at radius 2 is 1.85 bits per heavy atom. The standard InChI is InChI=1S/C17H25Br2N/c1-3-12-5-7-13(8-6-12)17(20-4-2)15-10-9-14(18)11-16(15)19/h9-13,17,20H,3-8H2,1-2H3. The van der Waals surface area contributed by atoms with E-state index in [1.54, 1.807) is 0 Å². The minimum Gasteiger partial charge on any atom is -0.310 e. The number of benzene rings is 1. The van der Waals surface area contributed by atoms with Crippen LogP contribution in [0, 0.1) is 11.8 Å². The molecule has 1 aliphatic carbocycles. The fourth-order valence-corrected chi connectivity index (χ4v) is 4.73. The topological polar surface area (TPSA) is 12.0 Å². The van der Waals surface area contributed by atoms with Crippen molar-refractivity contribution in [3.63, 3.8) is 0 Å². The fourth-order valence-electron chi connectivity index (χ4n) is 3.43. The van der Waals surface area contributed by atoms with Crippen molar-refractivity contribution in [1.82, 2.24) is 5.32 Å². The minimum absolute atomic E-state index is 0.486. The van der Waals surface area contributed by atoms with Gasteiger partial charge >= 0.3 is 0 Å². The van der Waals surface area contributed by atoms with E-state index in [1.807, 2.05) is 0 Å². The Hall–Kier alpha value is 0.140. The Kier molecular flexibility index (Phi) is 6.57. The molecule has 1 N–H and O–H groups in total. The molecule has 0 bridgehead atoms. The zero-order valence-corrected chi connectivity index (χ0v) is 15.6. The van der Waals surface area contributed by atoms with Crippen LogP contribution < -0.4 is 5.32 Å². The lowest BCUT2D eigenvalue weighted by atomic mass is 9.76. The molecule has 0 aromatic heterocycles. The molecular weight excluding hydrogens is 378 g/mol. The molecule has 0 aliphatic heterocycles. The highest BCUT2D eigenvalue weighted by Gasteiger charge is 2.28. The summed E-state index contributed by atoms with van der Waals surface area (Å²) < 4.78 is 2.36. The zero-order valence-electron chi connectivity index (χ0n) is 12.5. The van der Waals surface area contributed by atoms with Crippen LogP contribution in [0.4, 0.5) is 0 Å². The van der Waals surface area contributed by atoms with Crippen molar-refractivity contribution in [1.29, 1.82) is 0 Å². The molecule has 1 aromatic carbocycles. The second kappa shape index (κ2) is 7.95. The van der Waals surface area contributed by atoms with Gasteiger partial charge in [0.2, 0.25) is 0 Å². The summed E-state index contributed by atoms with van der Waals surface area (Å²) in [6.07, 6.45) is 6.87. The first kappa shape index (κ1) is 16.5. The van der Waals surface area contributed by atoms with E-state index >= 15 is 0 Å². The van der Waals surface area contributed by atoms with Crippen molar-refractivity contribution < 1.29 is 0 Å². The van der Waals surface area contributed by atoms with E-state index < -0.39 is 0 Å². The Labute approximate surface area is 140 Å². The van der Waals surface area contributed by atoms with Crippen LogP contribution in [0.2, 0.25) is 0 Å². The van der Waals surface area contributed by atoms with Gasteiger partial charge in [-0.2, -0.15) is 0 Å². The van der Waals surface area contributed by atoms with Crippen LogP contribution in [0.5, 0.6) is 0 Å². The van der Waals surface area contributed by atoms with Crippen molar-refractivity contribution in [2.45, 2.75) is 52.0 Å². The van der Waals surface area contributed by atoms with E-state index in [4.69, 9.17) is 0 Å². The molecule has 0 heterocycles. The highest BCUT2D eigenvalue weighted by Crippen LogP contribution is 2.40. The van der Waals surface area contributed by atoms with E-state index in [9.17, 15) is 0 Å². The number of nitrogens with one attached hydrogen (secondary N) is 1. The van der Waals surface area contributed by atoms with Gasteiger partial charge in [0.1, 0.15) is 0 Å². The molecule has 112 valence electrons. The van der Waals surface area contributed by atoms with Crippen LogP contribution >= 0.6 is 31.9 Å². The van der Waals surface area contributed by atoms with Crippen molar-refractivity contribution in [2.24, 2.45) is 11.8 Å².